The summed E-state index contributed by atoms with van der Waals surface area (Å²) in [6.07, 6.45) is 4.83. The van der Waals surface area contributed by atoms with Crippen LogP contribution in [-0.4, -0.2) is 30.2 Å². The van der Waals surface area contributed by atoms with Crippen LogP contribution in [0.4, 0.5) is 5.69 Å². The average molecular weight is 312 g/mol. The van der Waals surface area contributed by atoms with Gasteiger partial charge in [-0.05, 0) is 50.5 Å². The van der Waals surface area contributed by atoms with Gasteiger partial charge in [0.15, 0.2) is 0 Å². The highest BCUT2D eigenvalue weighted by Gasteiger charge is 2.53. The van der Waals surface area contributed by atoms with E-state index in [9.17, 15) is 4.79 Å². The summed E-state index contributed by atoms with van der Waals surface area (Å²) in [4.78, 5) is 17.3. The second-order valence-electron chi connectivity index (χ2n) is 6.61. The largest absolute Gasteiger partial charge is 0.496 e. The summed E-state index contributed by atoms with van der Waals surface area (Å²) in [6, 6.07) is 7.52. The van der Waals surface area contributed by atoms with Crippen molar-refractivity contribution in [3.05, 3.63) is 30.5 Å². The number of benzene rings is 1. The molecule has 1 N–H and O–H groups in total. The molecule has 2 fully saturated rings. The second kappa shape index (κ2) is 5.20. The zero-order valence-electron chi connectivity index (χ0n) is 13.3. The van der Waals surface area contributed by atoms with Crippen molar-refractivity contribution < 1.29 is 14.3 Å². The van der Waals surface area contributed by atoms with E-state index in [4.69, 9.17) is 9.47 Å². The molecule has 0 aliphatic carbocycles. The maximum Gasteiger partial charge on any atom is 0.233 e. The Bertz CT molecular complexity index is 776. The monoisotopic (exact) mass is 312 g/mol. The summed E-state index contributed by atoms with van der Waals surface area (Å²) in [5, 5.41) is 3.96. The molecule has 5 nitrogen and oxygen atoms in total. The number of carbonyl (C=O) groups excluding carboxylic acids is 1. The first-order chi connectivity index (χ1) is 11.1. The van der Waals surface area contributed by atoms with Gasteiger partial charge in [0.2, 0.25) is 5.91 Å². The number of methoxy groups -OCH3 is 1. The predicted octanol–water partition coefficient (Wildman–Crippen LogP) is 3.14. The van der Waals surface area contributed by atoms with E-state index in [1.165, 1.54) is 0 Å². The predicted molar refractivity (Wildman–Crippen MR) is 87.5 cm³/mol. The Kier molecular flexibility index (Phi) is 3.27. The molecule has 5 heteroatoms. The van der Waals surface area contributed by atoms with Gasteiger partial charge >= 0.3 is 0 Å². The van der Waals surface area contributed by atoms with E-state index in [1.54, 1.807) is 13.3 Å². The van der Waals surface area contributed by atoms with Crippen molar-refractivity contribution in [2.24, 2.45) is 5.41 Å². The van der Waals surface area contributed by atoms with Gasteiger partial charge in [-0.2, -0.15) is 0 Å². The molecule has 23 heavy (non-hydrogen) atoms. The number of amides is 1. The van der Waals surface area contributed by atoms with E-state index in [2.05, 4.69) is 10.3 Å². The lowest BCUT2D eigenvalue weighted by Crippen LogP contribution is -2.41. The summed E-state index contributed by atoms with van der Waals surface area (Å²) >= 11 is 0. The Labute approximate surface area is 135 Å². The third kappa shape index (κ3) is 2.18. The lowest BCUT2D eigenvalue weighted by atomic mass is 9.75. The summed E-state index contributed by atoms with van der Waals surface area (Å²) < 4.78 is 11.2. The number of ether oxygens (including phenoxy) is 2. The molecule has 0 radical (unpaired) electrons. The van der Waals surface area contributed by atoms with E-state index in [1.807, 2.05) is 31.2 Å². The second-order valence-corrected chi connectivity index (χ2v) is 6.61. The van der Waals surface area contributed by atoms with E-state index in [0.29, 0.717) is 0 Å². The molecule has 2 saturated heterocycles. The van der Waals surface area contributed by atoms with Gasteiger partial charge in [0.1, 0.15) is 5.75 Å². The molecule has 2 bridgehead atoms. The minimum Gasteiger partial charge on any atom is -0.496 e. The van der Waals surface area contributed by atoms with E-state index in [-0.39, 0.29) is 18.1 Å². The summed E-state index contributed by atoms with van der Waals surface area (Å²) in [5.41, 5.74) is 1.01. The first-order valence-electron chi connectivity index (χ1n) is 8.00. The topological polar surface area (TPSA) is 60.5 Å². The lowest BCUT2D eigenvalue weighted by Gasteiger charge is -2.29. The Morgan fingerprint density at radius 1 is 1.39 bits per heavy atom. The van der Waals surface area contributed by atoms with Gasteiger partial charge in [0, 0.05) is 11.6 Å². The van der Waals surface area contributed by atoms with Crippen molar-refractivity contribution in [3.63, 3.8) is 0 Å². The van der Waals surface area contributed by atoms with Crippen LogP contribution in [0.5, 0.6) is 5.75 Å². The molecule has 2 aliphatic rings. The van der Waals surface area contributed by atoms with Crippen LogP contribution in [0.25, 0.3) is 10.9 Å². The van der Waals surface area contributed by atoms with E-state index in [0.717, 1.165) is 41.6 Å². The molecule has 3 atom stereocenters. The van der Waals surface area contributed by atoms with Crippen molar-refractivity contribution in [1.29, 1.82) is 0 Å². The standard InChI is InChI=1S/C18H20N2O3/c1-18(10-11-5-8-15(18)23-11)17(21)20-13-6-7-14(22-2)12-4-3-9-19-16(12)13/h3-4,6-7,9,11,15H,5,8,10H2,1-2H3,(H,20,21)/t11-,15-,18-/m1/s1. The minimum atomic E-state index is -0.454. The molecule has 4 rings (SSSR count). The number of aromatic nitrogens is 1. The van der Waals surface area contributed by atoms with Gasteiger partial charge in [-0.25, -0.2) is 0 Å². The molecule has 1 aromatic carbocycles. The molecule has 2 aromatic rings. The number of fused-ring (bicyclic) bond motifs is 3. The number of anilines is 1. The van der Waals surface area contributed by atoms with Crippen LogP contribution in [0, 0.1) is 5.41 Å². The fourth-order valence-corrected chi connectivity index (χ4v) is 3.86. The van der Waals surface area contributed by atoms with Crippen LogP contribution in [0.1, 0.15) is 26.2 Å². The fraction of sp³-hybridized carbons (Fsp3) is 0.444. The number of nitrogens with one attached hydrogen (secondary N) is 1. The van der Waals surface area contributed by atoms with Crippen molar-refractivity contribution in [2.45, 2.75) is 38.4 Å². The number of hydrogen-bond donors (Lipinski definition) is 1. The third-order valence-electron chi connectivity index (χ3n) is 5.19. The van der Waals surface area contributed by atoms with Crippen LogP contribution in [0.3, 0.4) is 0 Å². The molecule has 0 saturated carbocycles. The highest BCUT2D eigenvalue weighted by Crippen LogP contribution is 2.48. The van der Waals surface area contributed by atoms with Gasteiger partial charge in [-0.1, -0.05) is 0 Å². The summed E-state index contributed by atoms with van der Waals surface area (Å²) in [5.74, 6) is 0.766. The molecular formula is C18H20N2O3. The van der Waals surface area contributed by atoms with Gasteiger partial charge in [0.25, 0.3) is 0 Å². The van der Waals surface area contributed by atoms with Crippen molar-refractivity contribution in [3.8, 4) is 5.75 Å². The Morgan fingerprint density at radius 3 is 2.96 bits per heavy atom. The Morgan fingerprint density at radius 2 is 2.26 bits per heavy atom. The smallest absolute Gasteiger partial charge is 0.233 e. The van der Waals surface area contributed by atoms with Crippen LogP contribution in [0.2, 0.25) is 0 Å². The van der Waals surface area contributed by atoms with Crippen LogP contribution in [0.15, 0.2) is 30.5 Å². The van der Waals surface area contributed by atoms with Crippen molar-refractivity contribution >= 4 is 22.5 Å². The maximum atomic E-state index is 12.9. The fourth-order valence-electron chi connectivity index (χ4n) is 3.86. The summed E-state index contributed by atoms with van der Waals surface area (Å²) in [6.45, 7) is 2.01. The van der Waals surface area contributed by atoms with Crippen LogP contribution < -0.4 is 10.1 Å². The third-order valence-corrected chi connectivity index (χ3v) is 5.19. The molecule has 120 valence electrons. The Hall–Kier alpha value is -2.14. The zero-order valence-corrected chi connectivity index (χ0v) is 13.3. The molecule has 3 heterocycles. The SMILES string of the molecule is COc1ccc(NC(=O)[C@]2(C)C[C@H]3CC[C@H]2O3)c2ncccc12. The Balaban J connectivity index is 1.67. The average Bonchev–Trinajstić information content (AvgIpc) is 3.16. The van der Waals surface area contributed by atoms with Crippen molar-refractivity contribution in [1.82, 2.24) is 4.98 Å². The van der Waals surface area contributed by atoms with E-state index < -0.39 is 5.41 Å². The van der Waals surface area contributed by atoms with Gasteiger partial charge < -0.3 is 14.8 Å². The van der Waals surface area contributed by atoms with Crippen LogP contribution in [-0.2, 0) is 9.53 Å². The summed E-state index contributed by atoms with van der Waals surface area (Å²) in [7, 11) is 1.63. The number of rotatable bonds is 3. The lowest BCUT2D eigenvalue weighted by molar-refractivity contribution is -0.127. The number of carbonyl (C=O) groups is 1. The molecule has 0 unspecified atom stereocenters. The van der Waals surface area contributed by atoms with Gasteiger partial charge in [-0.15, -0.1) is 0 Å². The van der Waals surface area contributed by atoms with Crippen LogP contribution >= 0.6 is 0 Å². The highest BCUT2D eigenvalue weighted by molar-refractivity contribution is 6.04. The molecule has 1 amide bonds. The number of pyridine rings is 1. The normalized spacial score (nSPS) is 29.0. The quantitative estimate of drug-likeness (QED) is 0.946. The highest BCUT2D eigenvalue weighted by atomic mass is 16.5. The molecule has 0 spiro atoms. The molecular weight excluding hydrogens is 292 g/mol. The molecule has 1 aromatic heterocycles. The van der Waals surface area contributed by atoms with Gasteiger partial charge in [-0.3, -0.25) is 9.78 Å². The molecule has 2 aliphatic heterocycles. The maximum absolute atomic E-state index is 12.9. The first-order valence-corrected chi connectivity index (χ1v) is 8.00. The number of nitrogens with zero attached hydrogens (tertiary/aromatic N) is 1. The minimum absolute atomic E-state index is 0.0156. The van der Waals surface area contributed by atoms with E-state index >= 15 is 0 Å². The number of hydrogen-bond acceptors (Lipinski definition) is 4. The zero-order chi connectivity index (χ0) is 16.0. The first kappa shape index (κ1) is 14.5. The van der Waals surface area contributed by atoms with Crippen molar-refractivity contribution in [2.75, 3.05) is 12.4 Å². The van der Waals surface area contributed by atoms with Gasteiger partial charge in [0.05, 0.1) is 35.9 Å².